The van der Waals surface area contributed by atoms with E-state index in [1.165, 1.54) is 0 Å². The average Bonchev–Trinajstić information content (AvgIpc) is 2.63. The molecule has 0 aliphatic carbocycles. The second kappa shape index (κ2) is 5.05. The molecule has 1 N–H and O–H groups in total. The number of carbonyl (C=O) groups is 1. The van der Waals surface area contributed by atoms with Crippen molar-refractivity contribution in [3.63, 3.8) is 0 Å². The third-order valence-corrected chi connectivity index (χ3v) is 3.78. The minimum absolute atomic E-state index is 0.252. The molecule has 0 saturated carbocycles. The van der Waals surface area contributed by atoms with Gasteiger partial charge in [-0.25, -0.2) is 0 Å². The Balaban J connectivity index is 2.31. The maximum absolute atomic E-state index is 12.2. The summed E-state index contributed by atoms with van der Waals surface area (Å²) in [5, 5.41) is 7.37. The number of hydrogen-bond acceptors (Lipinski definition) is 2. The highest BCUT2D eigenvalue weighted by molar-refractivity contribution is 6.34. The Bertz CT molecular complexity index is 646. The number of anilines is 1. The van der Waals surface area contributed by atoms with Crippen molar-refractivity contribution in [2.45, 2.75) is 20.8 Å². The summed E-state index contributed by atoms with van der Waals surface area (Å²) in [6, 6.07) is 5.77. The molecule has 1 aromatic carbocycles. The van der Waals surface area contributed by atoms with Crippen molar-refractivity contribution >= 4 is 23.2 Å². The molecule has 0 bridgehead atoms. The molecule has 100 valence electrons. The molecule has 1 heterocycles. The fourth-order valence-electron chi connectivity index (χ4n) is 1.80. The predicted octanol–water partition coefficient (Wildman–Crippen LogP) is 3.25. The van der Waals surface area contributed by atoms with Crippen LogP contribution < -0.4 is 5.32 Å². The van der Waals surface area contributed by atoms with Crippen LogP contribution >= 0.6 is 11.6 Å². The van der Waals surface area contributed by atoms with Crippen LogP contribution in [0.4, 0.5) is 5.69 Å². The van der Waals surface area contributed by atoms with Crippen LogP contribution in [0, 0.1) is 20.8 Å². The van der Waals surface area contributed by atoms with E-state index >= 15 is 0 Å². The number of halogens is 1. The van der Waals surface area contributed by atoms with Crippen molar-refractivity contribution in [2.75, 3.05) is 5.32 Å². The van der Waals surface area contributed by atoms with Gasteiger partial charge >= 0.3 is 0 Å². The van der Waals surface area contributed by atoms with Gasteiger partial charge in [-0.1, -0.05) is 23.7 Å². The molecule has 0 aliphatic rings. The van der Waals surface area contributed by atoms with Gasteiger partial charge < -0.3 is 5.32 Å². The second-order valence-electron chi connectivity index (χ2n) is 4.57. The van der Waals surface area contributed by atoms with Crippen LogP contribution in [0.3, 0.4) is 0 Å². The highest BCUT2D eigenvalue weighted by Gasteiger charge is 2.18. The first-order valence-corrected chi connectivity index (χ1v) is 6.36. The van der Waals surface area contributed by atoms with Crippen LogP contribution in [0.25, 0.3) is 0 Å². The molecule has 0 unspecified atom stereocenters. The molecule has 2 aromatic rings. The van der Waals surface area contributed by atoms with Crippen LogP contribution in [-0.2, 0) is 7.05 Å². The summed E-state index contributed by atoms with van der Waals surface area (Å²) in [6.45, 7) is 5.79. The van der Waals surface area contributed by atoms with E-state index in [1.54, 1.807) is 11.7 Å². The van der Waals surface area contributed by atoms with E-state index in [1.807, 2.05) is 39.0 Å². The number of benzene rings is 1. The molecule has 0 saturated heterocycles. The fraction of sp³-hybridized carbons (Fsp3) is 0.286. The molecule has 0 fully saturated rings. The van der Waals surface area contributed by atoms with Crippen molar-refractivity contribution in [3.05, 3.63) is 45.7 Å². The Morgan fingerprint density at radius 1 is 1.32 bits per heavy atom. The zero-order chi connectivity index (χ0) is 14.2. The minimum atomic E-state index is -0.289. The molecule has 4 nitrogen and oxygen atoms in total. The van der Waals surface area contributed by atoms with Crippen molar-refractivity contribution < 1.29 is 4.79 Å². The Kier molecular flexibility index (Phi) is 3.62. The van der Waals surface area contributed by atoms with Gasteiger partial charge in [0.2, 0.25) is 0 Å². The summed E-state index contributed by atoms with van der Waals surface area (Å²) in [6.07, 6.45) is 0. The van der Waals surface area contributed by atoms with Gasteiger partial charge in [0, 0.05) is 12.7 Å². The first-order valence-electron chi connectivity index (χ1n) is 5.98. The fourth-order valence-corrected chi connectivity index (χ4v) is 2.04. The zero-order valence-electron chi connectivity index (χ0n) is 11.4. The Morgan fingerprint density at radius 2 is 2.00 bits per heavy atom. The minimum Gasteiger partial charge on any atom is -0.320 e. The third kappa shape index (κ3) is 2.49. The lowest BCUT2D eigenvalue weighted by Crippen LogP contribution is -2.14. The number of aryl methyl sites for hydroxylation is 2. The standard InChI is InChI=1S/C14H16ClN3O/c1-8-6-5-7-11(9(8)2)16-14(19)13-12(15)10(3)18(4)17-13/h5-7H,1-4H3,(H,16,19). The summed E-state index contributed by atoms with van der Waals surface area (Å²) in [5.74, 6) is -0.289. The van der Waals surface area contributed by atoms with Gasteiger partial charge in [-0.15, -0.1) is 0 Å². The zero-order valence-corrected chi connectivity index (χ0v) is 12.2. The van der Waals surface area contributed by atoms with Crippen LogP contribution in [0.15, 0.2) is 18.2 Å². The van der Waals surface area contributed by atoms with E-state index in [0.29, 0.717) is 5.02 Å². The quantitative estimate of drug-likeness (QED) is 0.916. The van der Waals surface area contributed by atoms with Gasteiger partial charge in [0.15, 0.2) is 5.69 Å². The number of amides is 1. The number of aromatic nitrogens is 2. The van der Waals surface area contributed by atoms with Gasteiger partial charge in [-0.3, -0.25) is 9.48 Å². The summed E-state index contributed by atoms with van der Waals surface area (Å²) in [7, 11) is 1.76. The molecular formula is C14H16ClN3O. The highest BCUT2D eigenvalue weighted by atomic mass is 35.5. The van der Waals surface area contributed by atoms with Crippen LogP contribution in [0.1, 0.15) is 27.3 Å². The van der Waals surface area contributed by atoms with Crippen molar-refractivity contribution in [1.29, 1.82) is 0 Å². The second-order valence-corrected chi connectivity index (χ2v) is 4.95. The Hall–Kier alpha value is -1.81. The lowest BCUT2D eigenvalue weighted by Gasteiger charge is -2.09. The van der Waals surface area contributed by atoms with Crippen molar-refractivity contribution in [1.82, 2.24) is 9.78 Å². The summed E-state index contributed by atoms with van der Waals surface area (Å²) in [5.41, 5.74) is 3.97. The molecular weight excluding hydrogens is 262 g/mol. The number of nitrogens with one attached hydrogen (secondary N) is 1. The van der Waals surface area contributed by atoms with Gasteiger partial charge in [0.25, 0.3) is 5.91 Å². The number of rotatable bonds is 2. The molecule has 0 spiro atoms. The van der Waals surface area contributed by atoms with Crippen LogP contribution in [0.2, 0.25) is 5.02 Å². The maximum atomic E-state index is 12.2. The van der Waals surface area contributed by atoms with Crippen molar-refractivity contribution in [3.8, 4) is 0 Å². The number of carbonyl (C=O) groups excluding carboxylic acids is 1. The molecule has 1 aromatic heterocycles. The topological polar surface area (TPSA) is 46.9 Å². The largest absolute Gasteiger partial charge is 0.320 e. The lowest BCUT2D eigenvalue weighted by atomic mass is 10.1. The highest BCUT2D eigenvalue weighted by Crippen LogP contribution is 2.22. The summed E-state index contributed by atoms with van der Waals surface area (Å²) < 4.78 is 1.60. The predicted molar refractivity (Wildman–Crippen MR) is 76.8 cm³/mol. The first-order chi connectivity index (χ1) is 8.91. The molecule has 0 radical (unpaired) electrons. The summed E-state index contributed by atoms with van der Waals surface area (Å²) >= 11 is 6.10. The van der Waals surface area contributed by atoms with E-state index in [-0.39, 0.29) is 11.6 Å². The summed E-state index contributed by atoms with van der Waals surface area (Å²) in [4.78, 5) is 12.2. The molecule has 1 amide bonds. The van der Waals surface area contributed by atoms with E-state index in [2.05, 4.69) is 10.4 Å². The Labute approximate surface area is 117 Å². The normalized spacial score (nSPS) is 10.6. The SMILES string of the molecule is Cc1cccc(NC(=O)c2nn(C)c(C)c2Cl)c1C. The van der Waals surface area contributed by atoms with Gasteiger partial charge in [-0.2, -0.15) is 5.10 Å². The maximum Gasteiger partial charge on any atom is 0.277 e. The van der Waals surface area contributed by atoms with Gasteiger partial charge in [-0.05, 0) is 38.0 Å². The van der Waals surface area contributed by atoms with Crippen LogP contribution in [-0.4, -0.2) is 15.7 Å². The Morgan fingerprint density at radius 3 is 2.58 bits per heavy atom. The molecule has 2 rings (SSSR count). The third-order valence-electron chi connectivity index (χ3n) is 3.33. The smallest absolute Gasteiger partial charge is 0.277 e. The average molecular weight is 278 g/mol. The molecule has 0 atom stereocenters. The number of hydrogen-bond donors (Lipinski definition) is 1. The lowest BCUT2D eigenvalue weighted by molar-refractivity contribution is 0.102. The van der Waals surface area contributed by atoms with Gasteiger partial charge in [0.1, 0.15) is 0 Å². The van der Waals surface area contributed by atoms with E-state index in [9.17, 15) is 4.79 Å². The van der Waals surface area contributed by atoms with E-state index in [0.717, 1.165) is 22.5 Å². The first kappa shape index (κ1) is 13.6. The van der Waals surface area contributed by atoms with Crippen LogP contribution in [0.5, 0.6) is 0 Å². The monoisotopic (exact) mass is 277 g/mol. The van der Waals surface area contributed by atoms with E-state index < -0.39 is 0 Å². The molecule has 0 aliphatic heterocycles. The molecule has 5 heteroatoms. The number of nitrogens with zero attached hydrogens (tertiary/aromatic N) is 2. The van der Waals surface area contributed by atoms with E-state index in [4.69, 9.17) is 11.6 Å². The van der Waals surface area contributed by atoms with Crippen molar-refractivity contribution in [2.24, 2.45) is 7.05 Å². The van der Waals surface area contributed by atoms with Gasteiger partial charge in [0.05, 0.1) is 10.7 Å². The molecule has 19 heavy (non-hydrogen) atoms.